The van der Waals surface area contributed by atoms with Crippen LogP contribution in [0.15, 0.2) is 36.4 Å². The maximum absolute atomic E-state index is 11.4. The minimum Gasteiger partial charge on any atom is -0.372 e. The molecule has 25 heavy (non-hydrogen) atoms. The number of hydrogen-bond donors (Lipinski definition) is 0. The molecule has 8 nitrogen and oxygen atoms in total. The highest BCUT2D eigenvalue weighted by Crippen LogP contribution is 2.39. The highest BCUT2D eigenvalue weighted by Gasteiger charge is 2.32. The van der Waals surface area contributed by atoms with E-state index >= 15 is 0 Å². The lowest BCUT2D eigenvalue weighted by Crippen LogP contribution is -2.12. The number of nitrogens with zero attached hydrogens (tertiary/aromatic N) is 4. The van der Waals surface area contributed by atoms with Crippen LogP contribution >= 0.6 is 0 Å². The maximum atomic E-state index is 11.4. The summed E-state index contributed by atoms with van der Waals surface area (Å²) in [7, 11) is 3.16. The molecule has 0 aliphatic rings. The van der Waals surface area contributed by atoms with Gasteiger partial charge in [0.15, 0.2) is 0 Å². The SMILES string of the molecule is CN(C)c1ccc(C=Cc2ccc(C#N)cc2)c([N+](=O)[O-])c1[N+](=O)[O-]. The van der Waals surface area contributed by atoms with E-state index in [9.17, 15) is 20.2 Å². The Labute approximate surface area is 143 Å². The van der Waals surface area contributed by atoms with Crippen LogP contribution in [0, 0.1) is 31.6 Å². The van der Waals surface area contributed by atoms with Gasteiger partial charge < -0.3 is 4.90 Å². The number of nitriles is 1. The number of anilines is 1. The van der Waals surface area contributed by atoms with Gasteiger partial charge in [-0.2, -0.15) is 5.26 Å². The minimum absolute atomic E-state index is 0.131. The third-order valence-electron chi connectivity index (χ3n) is 3.50. The maximum Gasteiger partial charge on any atom is 0.369 e. The van der Waals surface area contributed by atoms with Crippen molar-refractivity contribution in [3.8, 4) is 6.07 Å². The van der Waals surface area contributed by atoms with Gasteiger partial charge in [-0.1, -0.05) is 18.2 Å². The molecule has 2 aromatic carbocycles. The van der Waals surface area contributed by atoms with E-state index in [1.54, 1.807) is 44.4 Å². The highest BCUT2D eigenvalue weighted by molar-refractivity contribution is 5.83. The lowest BCUT2D eigenvalue weighted by molar-refractivity contribution is -0.422. The van der Waals surface area contributed by atoms with Crippen LogP contribution in [0.5, 0.6) is 0 Å². The lowest BCUT2D eigenvalue weighted by atomic mass is 10.1. The van der Waals surface area contributed by atoms with Gasteiger partial charge in [0.1, 0.15) is 5.69 Å². The van der Waals surface area contributed by atoms with Crippen LogP contribution in [-0.2, 0) is 0 Å². The van der Waals surface area contributed by atoms with Gasteiger partial charge in [-0.3, -0.25) is 20.2 Å². The third-order valence-corrected chi connectivity index (χ3v) is 3.50. The molecule has 126 valence electrons. The van der Waals surface area contributed by atoms with Crippen molar-refractivity contribution < 1.29 is 9.85 Å². The van der Waals surface area contributed by atoms with E-state index < -0.39 is 21.2 Å². The average Bonchev–Trinajstić information content (AvgIpc) is 2.59. The second-order valence-corrected chi connectivity index (χ2v) is 5.35. The van der Waals surface area contributed by atoms with E-state index in [2.05, 4.69) is 0 Å². The van der Waals surface area contributed by atoms with Gasteiger partial charge in [0, 0.05) is 14.1 Å². The molecule has 0 radical (unpaired) electrons. The molecule has 0 fully saturated rings. The molecule has 8 heteroatoms. The molecule has 0 heterocycles. The van der Waals surface area contributed by atoms with Crippen molar-refractivity contribution in [2.24, 2.45) is 0 Å². The molecule has 2 aromatic rings. The summed E-state index contributed by atoms with van der Waals surface area (Å²) in [4.78, 5) is 22.8. The van der Waals surface area contributed by atoms with Crippen LogP contribution in [-0.4, -0.2) is 23.9 Å². The third kappa shape index (κ3) is 3.79. The molecule has 0 bridgehead atoms. The molecule has 0 spiro atoms. The summed E-state index contributed by atoms with van der Waals surface area (Å²) in [5.74, 6) is 0. The Morgan fingerprint density at radius 2 is 1.56 bits per heavy atom. The predicted octanol–water partition coefficient (Wildman–Crippen LogP) is 3.61. The normalized spacial score (nSPS) is 10.4. The largest absolute Gasteiger partial charge is 0.372 e. The molecular weight excluding hydrogens is 324 g/mol. The molecule has 0 amide bonds. The van der Waals surface area contributed by atoms with Crippen LogP contribution in [0.1, 0.15) is 16.7 Å². The Morgan fingerprint density at radius 3 is 2.04 bits per heavy atom. The molecule has 0 unspecified atom stereocenters. The van der Waals surface area contributed by atoms with Crippen LogP contribution < -0.4 is 4.90 Å². The molecule has 0 saturated carbocycles. The van der Waals surface area contributed by atoms with Gasteiger partial charge in [0.05, 0.1) is 27.0 Å². The quantitative estimate of drug-likeness (QED) is 0.467. The number of benzene rings is 2. The van der Waals surface area contributed by atoms with Crippen molar-refractivity contribution in [3.63, 3.8) is 0 Å². The van der Waals surface area contributed by atoms with Gasteiger partial charge in [-0.05, 0) is 35.9 Å². The standard InChI is InChI=1S/C17H14N4O4/c1-19(2)15-10-9-14(16(20(22)23)17(15)21(24)25)8-7-12-3-5-13(11-18)6-4-12/h3-10H,1-2H3. The Bertz CT molecular complexity index is 896. The van der Waals surface area contributed by atoms with Crippen LogP contribution in [0.4, 0.5) is 17.1 Å². The fourth-order valence-electron chi connectivity index (χ4n) is 2.31. The zero-order valence-corrected chi connectivity index (χ0v) is 13.5. The zero-order chi connectivity index (χ0) is 18.6. The Morgan fingerprint density at radius 1 is 0.960 bits per heavy atom. The van der Waals surface area contributed by atoms with Crippen molar-refractivity contribution in [1.29, 1.82) is 5.26 Å². The summed E-state index contributed by atoms with van der Waals surface area (Å²) in [6, 6.07) is 11.5. The van der Waals surface area contributed by atoms with Gasteiger partial charge in [-0.25, -0.2) is 0 Å². The van der Waals surface area contributed by atoms with Gasteiger partial charge in [-0.15, -0.1) is 0 Å². The number of nitro benzene ring substituents is 2. The predicted molar refractivity (Wildman–Crippen MR) is 94.2 cm³/mol. The van der Waals surface area contributed by atoms with Crippen LogP contribution in [0.3, 0.4) is 0 Å². The first-order chi connectivity index (χ1) is 11.8. The second kappa shape index (κ2) is 7.23. The summed E-state index contributed by atoms with van der Waals surface area (Å²) in [6.45, 7) is 0. The van der Waals surface area contributed by atoms with Crippen molar-refractivity contribution in [2.45, 2.75) is 0 Å². The van der Waals surface area contributed by atoms with Crippen molar-refractivity contribution in [3.05, 3.63) is 73.3 Å². The number of nitro groups is 2. The first kappa shape index (κ1) is 17.6. The smallest absolute Gasteiger partial charge is 0.369 e. The van der Waals surface area contributed by atoms with E-state index in [-0.39, 0.29) is 11.3 Å². The number of hydrogen-bond acceptors (Lipinski definition) is 6. The van der Waals surface area contributed by atoms with Gasteiger partial charge >= 0.3 is 11.4 Å². The van der Waals surface area contributed by atoms with Crippen LogP contribution in [0.25, 0.3) is 12.2 Å². The molecule has 0 aliphatic carbocycles. The fourth-order valence-corrected chi connectivity index (χ4v) is 2.31. The van der Waals surface area contributed by atoms with Crippen LogP contribution in [0.2, 0.25) is 0 Å². The Kier molecular flexibility index (Phi) is 5.09. The summed E-state index contributed by atoms with van der Waals surface area (Å²) in [5, 5.41) is 31.6. The molecule has 0 saturated heterocycles. The van der Waals surface area contributed by atoms with Crippen molar-refractivity contribution in [1.82, 2.24) is 0 Å². The van der Waals surface area contributed by atoms with E-state index in [1.807, 2.05) is 6.07 Å². The van der Waals surface area contributed by atoms with Gasteiger partial charge in [0.2, 0.25) is 0 Å². The van der Waals surface area contributed by atoms with E-state index in [0.29, 0.717) is 11.1 Å². The second-order valence-electron chi connectivity index (χ2n) is 5.35. The molecule has 0 N–H and O–H groups in total. The van der Waals surface area contributed by atoms with Crippen molar-refractivity contribution in [2.75, 3.05) is 19.0 Å². The van der Waals surface area contributed by atoms with Crippen molar-refractivity contribution >= 4 is 29.2 Å². The molecule has 0 aliphatic heterocycles. The fraction of sp³-hybridized carbons (Fsp3) is 0.118. The summed E-state index contributed by atoms with van der Waals surface area (Å²) >= 11 is 0. The van der Waals surface area contributed by atoms with E-state index in [1.165, 1.54) is 23.1 Å². The molecule has 2 rings (SSSR count). The topological polar surface area (TPSA) is 113 Å². The minimum atomic E-state index is -0.746. The Balaban J connectivity index is 2.55. The average molecular weight is 338 g/mol. The summed E-state index contributed by atoms with van der Waals surface area (Å²) in [5.41, 5.74) is 0.402. The summed E-state index contributed by atoms with van der Waals surface area (Å²) in [6.07, 6.45) is 3.05. The zero-order valence-electron chi connectivity index (χ0n) is 13.5. The molecular formula is C17H14N4O4. The molecule has 0 atom stereocenters. The van der Waals surface area contributed by atoms with E-state index in [0.717, 1.165) is 0 Å². The monoisotopic (exact) mass is 338 g/mol. The first-order valence-corrected chi connectivity index (χ1v) is 7.16. The van der Waals surface area contributed by atoms with Gasteiger partial charge in [0.25, 0.3) is 0 Å². The first-order valence-electron chi connectivity index (χ1n) is 7.16. The van der Waals surface area contributed by atoms with E-state index in [4.69, 9.17) is 5.26 Å². The summed E-state index contributed by atoms with van der Waals surface area (Å²) < 4.78 is 0. The lowest BCUT2D eigenvalue weighted by Gasteiger charge is -2.13. The molecule has 0 aromatic heterocycles. The highest BCUT2D eigenvalue weighted by atomic mass is 16.6. The Hall–Kier alpha value is -3.73. The number of rotatable bonds is 5.